The molecule has 3 saturated heterocycles. The molecule has 3 fully saturated rings. The van der Waals surface area contributed by atoms with Gasteiger partial charge in [-0.2, -0.15) is 0 Å². The first-order chi connectivity index (χ1) is 13.3. The fraction of sp³-hybridized carbons (Fsp3) is 0.409. The number of benzene rings is 1. The maximum atomic E-state index is 5.49. The summed E-state index contributed by atoms with van der Waals surface area (Å²) in [5.74, 6) is 0.942. The second-order valence-corrected chi connectivity index (χ2v) is 8.06. The summed E-state index contributed by atoms with van der Waals surface area (Å²) >= 11 is 0. The third-order valence-corrected chi connectivity index (χ3v) is 7.00. The number of H-pyrrole nitrogens is 1. The van der Waals surface area contributed by atoms with Crippen LogP contribution in [0.25, 0.3) is 10.9 Å². The summed E-state index contributed by atoms with van der Waals surface area (Å²) in [4.78, 5) is 13.5. The van der Waals surface area contributed by atoms with E-state index >= 15 is 0 Å². The Morgan fingerprint density at radius 2 is 1.93 bits per heavy atom. The molecule has 0 saturated carbocycles. The summed E-state index contributed by atoms with van der Waals surface area (Å²) in [5, 5.41) is 1.34. The van der Waals surface area contributed by atoms with Crippen molar-refractivity contribution in [3.05, 3.63) is 59.5 Å². The monoisotopic (exact) mass is 360 g/mol. The zero-order valence-electron chi connectivity index (χ0n) is 15.6. The van der Waals surface area contributed by atoms with Crippen LogP contribution in [0.15, 0.2) is 42.7 Å². The summed E-state index contributed by atoms with van der Waals surface area (Å²) in [6, 6.07) is 10.8. The SMILES string of the molecule is COc1ccc2[nH]c3c(c2c1)CCN1[C@@H](c2ccncc2)N2CCC31CC2. The van der Waals surface area contributed by atoms with Crippen LogP contribution in [-0.2, 0) is 12.0 Å². The molecule has 0 aliphatic carbocycles. The Balaban J connectivity index is 1.52. The average molecular weight is 360 g/mol. The number of ether oxygens (including phenoxy) is 1. The normalized spacial score (nSPS) is 29.5. The Hall–Kier alpha value is -2.37. The van der Waals surface area contributed by atoms with Crippen LogP contribution in [0.1, 0.15) is 35.8 Å². The lowest BCUT2D eigenvalue weighted by atomic mass is 9.73. The van der Waals surface area contributed by atoms with E-state index in [2.05, 4.69) is 50.1 Å². The Labute approximate surface area is 158 Å². The van der Waals surface area contributed by atoms with E-state index in [1.807, 2.05) is 12.4 Å². The predicted molar refractivity (Wildman–Crippen MR) is 105 cm³/mol. The molecule has 1 atom stereocenters. The quantitative estimate of drug-likeness (QED) is 0.760. The van der Waals surface area contributed by atoms with Crippen molar-refractivity contribution >= 4 is 10.9 Å². The standard InChI is InChI=1S/C22H24N4O/c1-27-16-2-3-19-18(14-16)17-6-11-26-21(15-4-9-23-10-5-15)25-12-7-22(26,8-13-25)20(17)24-19/h2-5,9-10,14,21,24H,6-8,11-13H2,1H3/t21-/m0/s1. The zero-order valence-corrected chi connectivity index (χ0v) is 15.6. The third kappa shape index (κ3) is 2.04. The molecule has 6 heterocycles. The number of nitrogens with zero attached hydrogens (tertiary/aromatic N) is 3. The molecule has 27 heavy (non-hydrogen) atoms. The van der Waals surface area contributed by atoms with Crippen molar-refractivity contribution in [2.75, 3.05) is 26.7 Å². The average Bonchev–Trinajstić information content (AvgIpc) is 3.13. The summed E-state index contributed by atoms with van der Waals surface area (Å²) in [7, 11) is 1.75. The highest BCUT2D eigenvalue weighted by Crippen LogP contribution is 2.54. The second-order valence-electron chi connectivity index (χ2n) is 8.06. The van der Waals surface area contributed by atoms with Crippen molar-refractivity contribution in [3.8, 4) is 5.75 Å². The number of hydrogen-bond acceptors (Lipinski definition) is 4. The van der Waals surface area contributed by atoms with E-state index in [9.17, 15) is 0 Å². The van der Waals surface area contributed by atoms with Gasteiger partial charge in [0.25, 0.3) is 0 Å². The number of methoxy groups -OCH3 is 1. The van der Waals surface area contributed by atoms with E-state index in [1.54, 1.807) is 7.11 Å². The molecule has 3 aromatic rings. The molecule has 4 aliphatic rings. The largest absolute Gasteiger partial charge is 0.497 e. The van der Waals surface area contributed by atoms with Gasteiger partial charge in [0.05, 0.1) is 18.8 Å². The number of aromatic nitrogens is 2. The molecule has 0 amide bonds. The van der Waals surface area contributed by atoms with Crippen LogP contribution in [0.2, 0.25) is 0 Å². The smallest absolute Gasteiger partial charge is 0.119 e. The van der Waals surface area contributed by atoms with E-state index in [-0.39, 0.29) is 5.54 Å². The number of nitrogens with one attached hydrogen (secondary N) is 1. The van der Waals surface area contributed by atoms with E-state index in [4.69, 9.17) is 4.74 Å². The highest BCUT2D eigenvalue weighted by Gasteiger charge is 2.55. The van der Waals surface area contributed by atoms with Crippen LogP contribution in [0.3, 0.4) is 0 Å². The molecule has 5 nitrogen and oxygen atoms in total. The fourth-order valence-corrected chi connectivity index (χ4v) is 5.76. The number of rotatable bonds is 2. The lowest BCUT2D eigenvalue weighted by Crippen LogP contribution is -2.66. The first-order valence-corrected chi connectivity index (χ1v) is 9.90. The van der Waals surface area contributed by atoms with Gasteiger partial charge in [0, 0.05) is 48.6 Å². The minimum atomic E-state index is 0.128. The number of fused-ring (bicyclic) bond motifs is 5. The second kappa shape index (κ2) is 5.57. The van der Waals surface area contributed by atoms with Crippen molar-refractivity contribution in [2.45, 2.75) is 31.0 Å². The minimum absolute atomic E-state index is 0.128. The molecule has 0 radical (unpaired) electrons. The lowest BCUT2D eigenvalue weighted by molar-refractivity contribution is -0.149. The van der Waals surface area contributed by atoms with Crippen molar-refractivity contribution in [2.24, 2.45) is 0 Å². The minimum Gasteiger partial charge on any atom is -0.497 e. The number of piperidine rings is 1. The highest BCUT2D eigenvalue weighted by molar-refractivity contribution is 5.87. The maximum absolute atomic E-state index is 5.49. The summed E-state index contributed by atoms with van der Waals surface area (Å²) < 4.78 is 5.49. The highest BCUT2D eigenvalue weighted by atomic mass is 16.5. The molecule has 138 valence electrons. The Kier molecular flexibility index (Phi) is 3.23. The summed E-state index contributed by atoms with van der Waals surface area (Å²) in [6.07, 6.45) is 7.70. The van der Waals surface area contributed by atoms with Gasteiger partial charge in [-0.05, 0) is 60.7 Å². The molecule has 4 aliphatic heterocycles. The molecule has 2 bridgehead atoms. The molecule has 7 rings (SSSR count). The molecular formula is C22H24N4O. The van der Waals surface area contributed by atoms with Crippen LogP contribution >= 0.6 is 0 Å². The Morgan fingerprint density at radius 1 is 1.11 bits per heavy atom. The van der Waals surface area contributed by atoms with Crippen molar-refractivity contribution < 1.29 is 4.74 Å². The molecule has 5 heteroatoms. The molecular weight excluding hydrogens is 336 g/mol. The molecule has 1 N–H and O–H groups in total. The van der Waals surface area contributed by atoms with Crippen molar-refractivity contribution in [1.82, 2.24) is 19.8 Å². The van der Waals surface area contributed by atoms with Gasteiger partial charge in [-0.25, -0.2) is 0 Å². The first-order valence-electron chi connectivity index (χ1n) is 9.90. The maximum Gasteiger partial charge on any atom is 0.119 e. The molecule has 2 aromatic heterocycles. The topological polar surface area (TPSA) is 44.4 Å². The van der Waals surface area contributed by atoms with Gasteiger partial charge in [-0.1, -0.05) is 0 Å². The van der Waals surface area contributed by atoms with Gasteiger partial charge in [-0.15, -0.1) is 0 Å². The molecule has 1 aromatic carbocycles. The molecule has 0 unspecified atom stereocenters. The van der Waals surface area contributed by atoms with Gasteiger partial charge in [0.1, 0.15) is 5.75 Å². The van der Waals surface area contributed by atoms with E-state index < -0.39 is 0 Å². The van der Waals surface area contributed by atoms with Crippen molar-refractivity contribution in [3.63, 3.8) is 0 Å². The van der Waals surface area contributed by atoms with Gasteiger partial charge < -0.3 is 9.72 Å². The zero-order chi connectivity index (χ0) is 18.0. The van der Waals surface area contributed by atoms with Gasteiger partial charge >= 0.3 is 0 Å². The fourth-order valence-electron chi connectivity index (χ4n) is 5.76. The lowest BCUT2D eigenvalue weighted by Gasteiger charge is -2.62. The first kappa shape index (κ1) is 15.7. The van der Waals surface area contributed by atoms with E-state index in [0.29, 0.717) is 6.17 Å². The number of pyridine rings is 1. The summed E-state index contributed by atoms with van der Waals surface area (Å²) in [6.45, 7) is 3.41. The third-order valence-electron chi connectivity index (χ3n) is 7.00. The van der Waals surface area contributed by atoms with E-state index in [0.717, 1.165) is 31.8 Å². The van der Waals surface area contributed by atoms with Crippen molar-refractivity contribution in [1.29, 1.82) is 0 Å². The van der Waals surface area contributed by atoms with Crippen LogP contribution in [0, 0.1) is 0 Å². The van der Waals surface area contributed by atoms with Crippen LogP contribution in [0.5, 0.6) is 5.75 Å². The number of hydrogen-bond donors (Lipinski definition) is 1. The van der Waals surface area contributed by atoms with Crippen LogP contribution < -0.4 is 4.74 Å². The van der Waals surface area contributed by atoms with Gasteiger partial charge in [0.2, 0.25) is 0 Å². The Bertz CT molecular complexity index is 1000. The summed E-state index contributed by atoms with van der Waals surface area (Å²) in [5.41, 5.74) is 5.70. The van der Waals surface area contributed by atoms with E-state index in [1.165, 1.54) is 40.6 Å². The Morgan fingerprint density at radius 3 is 2.70 bits per heavy atom. The predicted octanol–water partition coefficient (Wildman–Crippen LogP) is 3.43. The van der Waals surface area contributed by atoms with Gasteiger partial charge in [0.15, 0.2) is 0 Å². The van der Waals surface area contributed by atoms with Crippen LogP contribution in [-0.4, -0.2) is 46.5 Å². The molecule has 1 spiro atoms. The number of aromatic amines is 1. The van der Waals surface area contributed by atoms with Crippen LogP contribution in [0.4, 0.5) is 0 Å². The van der Waals surface area contributed by atoms with Gasteiger partial charge in [-0.3, -0.25) is 14.8 Å².